The molecule has 1 saturated heterocycles. The zero-order valence-electron chi connectivity index (χ0n) is 11.6. The summed E-state index contributed by atoms with van der Waals surface area (Å²) in [5.74, 6) is -1.17. The fourth-order valence-corrected chi connectivity index (χ4v) is 2.34. The normalized spacial score (nSPS) is 16.4. The highest BCUT2D eigenvalue weighted by atomic mass is 35.5. The molecule has 1 aliphatic rings. The molecule has 1 fully saturated rings. The number of morpholine rings is 1. The number of nitrogens with one attached hydrogen (secondary N) is 1. The Balaban J connectivity index is 2.10. The summed E-state index contributed by atoms with van der Waals surface area (Å²) in [7, 11) is 0. The number of carboxylic acid groups (broad SMARTS) is 1. The molecule has 0 spiro atoms. The van der Waals surface area contributed by atoms with Gasteiger partial charge in [-0.15, -0.1) is 0 Å². The molecule has 1 atom stereocenters. The molecule has 1 heterocycles. The van der Waals surface area contributed by atoms with Gasteiger partial charge >= 0.3 is 5.97 Å². The van der Waals surface area contributed by atoms with E-state index in [0.717, 1.165) is 0 Å². The maximum Gasteiger partial charge on any atom is 0.337 e. The summed E-state index contributed by atoms with van der Waals surface area (Å²) in [5.41, 5.74) is 0.421. The predicted octanol–water partition coefficient (Wildman–Crippen LogP) is 1.70. The number of carbonyl (C=O) groups is 2. The molecule has 1 amide bonds. The van der Waals surface area contributed by atoms with Crippen LogP contribution in [-0.4, -0.2) is 54.2 Å². The largest absolute Gasteiger partial charge is 0.478 e. The van der Waals surface area contributed by atoms with Crippen LogP contribution in [-0.2, 0) is 9.53 Å². The SMILES string of the molecule is CC(Nc1ccc(Cl)cc1C(=O)O)C(=O)N1CCOCC1. The monoisotopic (exact) mass is 312 g/mol. The van der Waals surface area contributed by atoms with Gasteiger partial charge in [-0.25, -0.2) is 4.79 Å². The van der Waals surface area contributed by atoms with E-state index in [1.165, 1.54) is 6.07 Å². The molecular formula is C14H17ClN2O4. The van der Waals surface area contributed by atoms with E-state index in [2.05, 4.69) is 5.32 Å². The number of ether oxygens (including phenoxy) is 1. The van der Waals surface area contributed by atoms with E-state index < -0.39 is 12.0 Å². The summed E-state index contributed by atoms with van der Waals surface area (Å²) in [6.07, 6.45) is 0. The molecule has 0 aliphatic carbocycles. The van der Waals surface area contributed by atoms with Crippen LogP contribution in [0, 0.1) is 0 Å². The Kier molecular flexibility index (Phi) is 5.03. The number of carboxylic acids is 1. The molecule has 0 aromatic heterocycles. The van der Waals surface area contributed by atoms with E-state index in [0.29, 0.717) is 37.0 Å². The zero-order valence-corrected chi connectivity index (χ0v) is 12.4. The first-order valence-corrected chi connectivity index (χ1v) is 7.02. The second kappa shape index (κ2) is 6.78. The van der Waals surface area contributed by atoms with Gasteiger partial charge in [0.2, 0.25) is 5.91 Å². The predicted molar refractivity (Wildman–Crippen MR) is 78.9 cm³/mol. The summed E-state index contributed by atoms with van der Waals surface area (Å²) in [5, 5.41) is 12.5. The van der Waals surface area contributed by atoms with Gasteiger partial charge < -0.3 is 20.1 Å². The minimum atomic E-state index is -1.09. The smallest absolute Gasteiger partial charge is 0.337 e. The van der Waals surface area contributed by atoms with Crippen LogP contribution in [0.3, 0.4) is 0 Å². The highest BCUT2D eigenvalue weighted by molar-refractivity contribution is 6.31. The lowest BCUT2D eigenvalue weighted by molar-refractivity contribution is -0.135. The number of nitrogens with zero attached hydrogens (tertiary/aromatic N) is 1. The maximum absolute atomic E-state index is 12.3. The van der Waals surface area contributed by atoms with Gasteiger partial charge in [0.25, 0.3) is 0 Å². The number of aromatic carboxylic acids is 1. The van der Waals surface area contributed by atoms with E-state index in [-0.39, 0.29) is 11.5 Å². The van der Waals surface area contributed by atoms with Crippen LogP contribution in [0.2, 0.25) is 5.02 Å². The minimum Gasteiger partial charge on any atom is -0.478 e. The quantitative estimate of drug-likeness (QED) is 0.884. The van der Waals surface area contributed by atoms with Crippen LogP contribution in [0.4, 0.5) is 5.69 Å². The molecule has 0 radical (unpaired) electrons. The van der Waals surface area contributed by atoms with Gasteiger partial charge in [0.15, 0.2) is 0 Å². The van der Waals surface area contributed by atoms with Crippen LogP contribution < -0.4 is 5.32 Å². The molecule has 1 unspecified atom stereocenters. The number of hydrogen-bond acceptors (Lipinski definition) is 4. The summed E-state index contributed by atoms with van der Waals surface area (Å²) in [6.45, 7) is 3.87. The van der Waals surface area contributed by atoms with Crippen molar-refractivity contribution in [2.45, 2.75) is 13.0 Å². The van der Waals surface area contributed by atoms with Crippen LogP contribution in [0.5, 0.6) is 0 Å². The number of amides is 1. The average Bonchev–Trinajstić information content (AvgIpc) is 2.49. The molecule has 114 valence electrons. The van der Waals surface area contributed by atoms with E-state index >= 15 is 0 Å². The lowest BCUT2D eigenvalue weighted by atomic mass is 10.1. The second-order valence-corrected chi connectivity index (χ2v) is 5.24. The Hall–Kier alpha value is -1.79. The van der Waals surface area contributed by atoms with E-state index in [1.807, 2.05) is 0 Å². The number of hydrogen-bond donors (Lipinski definition) is 2. The van der Waals surface area contributed by atoms with Gasteiger partial charge in [0.1, 0.15) is 6.04 Å². The molecule has 0 saturated carbocycles. The molecule has 1 aliphatic heterocycles. The molecule has 1 aromatic rings. The van der Waals surface area contributed by atoms with E-state index in [9.17, 15) is 14.7 Å². The zero-order chi connectivity index (χ0) is 15.4. The number of rotatable bonds is 4. The van der Waals surface area contributed by atoms with Crippen molar-refractivity contribution < 1.29 is 19.4 Å². The van der Waals surface area contributed by atoms with Crippen molar-refractivity contribution in [1.29, 1.82) is 0 Å². The molecule has 2 N–H and O–H groups in total. The van der Waals surface area contributed by atoms with Gasteiger partial charge in [0, 0.05) is 23.8 Å². The summed E-state index contributed by atoms with van der Waals surface area (Å²) >= 11 is 5.80. The van der Waals surface area contributed by atoms with Crippen molar-refractivity contribution in [3.8, 4) is 0 Å². The average molecular weight is 313 g/mol. The summed E-state index contributed by atoms with van der Waals surface area (Å²) in [4.78, 5) is 25.2. The van der Waals surface area contributed by atoms with Crippen molar-refractivity contribution in [2.75, 3.05) is 31.6 Å². The van der Waals surface area contributed by atoms with Crippen LogP contribution in [0.15, 0.2) is 18.2 Å². The molecule has 1 aromatic carbocycles. The van der Waals surface area contributed by atoms with Crippen LogP contribution >= 0.6 is 11.6 Å². The standard InChI is InChI=1S/C14H17ClN2O4/c1-9(13(18)17-4-6-21-7-5-17)16-12-3-2-10(15)8-11(12)14(19)20/h2-3,8-9,16H,4-7H2,1H3,(H,19,20). The summed E-state index contributed by atoms with van der Waals surface area (Å²) < 4.78 is 5.20. The minimum absolute atomic E-state index is 0.0455. The highest BCUT2D eigenvalue weighted by Crippen LogP contribution is 2.21. The Morgan fingerprint density at radius 1 is 1.38 bits per heavy atom. The number of benzene rings is 1. The van der Waals surface area contributed by atoms with E-state index in [1.54, 1.807) is 24.0 Å². The van der Waals surface area contributed by atoms with Crippen molar-refractivity contribution in [2.24, 2.45) is 0 Å². The molecule has 0 bridgehead atoms. The van der Waals surface area contributed by atoms with Crippen molar-refractivity contribution in [1.82, 2.24) is 4.90 Å². The van der Waals surface area contributed by atoms with Gasteiger partial charge in [-0.2, -0.15) is 0 Å². The van der Waals surface area contributed by atoms with E-state index in [4.69, 9.17) is 16.3 Å². The Labute approximate surface area is 127 Å². The molecule has 21 heavy (non-hydrogen) atoms. The lowest BCUT2D eigenvalue weighted by Gasteiger charge is -2.30. The molecule has 2 rings (SSSR count). The molecular weight excluding hydrogens is 296 g/mol. The maximum atomic E-state index is 12.3. The third kappa shape index (κ3) is 3.86. The third-order valence-electron chi connectivity index (χ3n) is 3.28. The summed E-state index contributed by atoms with van der Waals surface area (Å²) in [6, 6.07) is 3.98. The Morgan fingerprint density at radius 3 is 2.67 bits per heavy atom. The first-order valence-electron chi connectivity index (χ1n) is 6.65. The van der Waals surface area contributed by atoms with Gasteiger partial charge in [-0.3, -0.25) is 4.79 Å². The molecule has 7 heteroatoms. The van der Waals surface area contributed by atoms with Crippen molar-refractivity contribution in [3.05, 3.63) is 28.8 Å². The van der Waals surface area contributed by atoms with Crippen molar-refractivity contribution in [3.63, 3.8) is 0 Å². The Morgan fingerprint density at radius 2 is 2.05 bits per heavy atom. The fourth-order valence-electron chi connectivity index (χ4n) is 2.17. The Bertz CT molecular complexity index is 544. The van der Waals surface area contributed by atoms with Gasteiger partial charge in [0.05, 0.1) is 18.8 Å². The topological polar surface area (TPSA) is 78.9 Å². The number of halogens is 1. The lowest BCUT2D eigenvalue weighted by Crippen LogP contribution is -2.47. The van der Waals surface area contributed by atoms with Gasteiger partial charge in [-0.1, -0.05) is 11.6 Å². The first kappa shape index (κ1) is 15.6. The van der Waals surface area contributed by atoms with Gasteiger partial charge in [-0.05, 0) is 25.1 Å². The number of anilines is 1. The van der Waals surface area contributed by atoms with Crippen molar-refractivity contribution >= 4 is 29.2 Å². The van der Waals surface area contributed by atoms with Crippen LogP contribution in [0.25, 0.3) is 0 Å². The third-order valence-corrected chi connectivity index (χ3v) is 3.51. The number of carbonyl (C=O) groups excluding carboxylic acids is 1. The molecule has 6 nitrogen and oxygen atoms in total. The first-order chi connectivity index (χ1) is 9.99. The fraction of sp³-hybridized carbons (Fsp3) is 0.429. The second-order valence-electron chi connectivity index (χ2n) is 4.80. The highest BCUT2D eigenvalue weighted by Gasteiger charge is 2.23. The van der Waals surface area contributed by atoms with Crippen LogP contribution in [0.1, 0.15) is 17.3 Å².